The van der Waals surface area contributed by atoms with Crippen molar-refractivity contribution in [1.29, 1.82) is 0 Å². The van der Waals surface area contributed by atoms with E-state index in [1.54, 1.807) is 44.3 Å². The first-order valence-corrected chi connectivity index (χ1v) is 13.2. The van der Waals surface area contributed by atoms with E-state index in [1.165, 1.54) is 28.8 Å². The maximum absolute atomic E-state index is 14.3. The second-order valence-electron chi connectivity index (χ2n) is 10.4. The van der Waals surface area contributed by atoms with Crippen molar-refractivity contribution in [1.82, 2.24) is 20.2 Å². The number of amides is 4. The Kier molecular flexibility index (Phi) is 9.64. The van der Waals surface area contributed by atoms with Gasteiger partial charge in [0.25, 0.3) is 11.8 Å². The lowest BCUT2D eigenvalue weighted by Gasteiger charge is -2.47. The Bertz CT molecular complexity index is 1210. The Labute approximate surface area is 230 Å². The van der Waals surface area contributed by atoms with Crippen LogP contribution in [-0.4, -0.2) is 67.9 Å². The summed E-state index contributed by atoms with van der Waals surface area (Å²) in [6.45, 7) is 9.87. The number of hydrazine groups is 1. The normalized spacial score (nSPS) is 17.1. The maximum atomic E-state index is 14.3. The standard InChI is InChI=1S/C30H38N4O5/c1-19(2)27-30(39)34(26(18-32(27)21(5)35)24-15-11-8-12-16-24)33(22(6)36)25(17-23-13-9-7-10-14-23)28(37)29(38)31-20(3)4/h7-16,18-20,25,27-28,37H,17H2,1-6H3,(H,31,38)/t25-,27?,28?/m0/s1. The van der Waals surface area contributed by atoms with Crippen LogP contribution < -0.4 is 5.32 Å². The lowest BCUT2D eigenvalue weighted by molar-refractivity contribution is -0.172. The summed E-state index contributed by atoms with van der Waals surface area (Å²) in [5.41, 5.74) is 1.65. The minimum atomic E-state index is -1.65. The van der Waals surface area contributed by atoms with Crippen LogP contribution in [0.15, 0.2) is 66.9 Å². The summed E-state index contributed by atoms with van der Waals surface area (Å²) in [6.07, 6.45) is 0.0197. The molecule has 0 saturated heterocycles. The number of hydrogen-bond acceptors (Lipinski definition) is 5. The van der Waals surface area contributed by atoms with Crippen molar-refractivity contribution in [3.63, 3.8) is 0 Å². The predicted octanol–water partition coefficient (Wildman–Crippen LogP) is 2.96. The van der Waals surface area contributed by atoms with Crippen LogP contribution in [0.3, 0.4) is 0 Å². The van der Waals surface area contributed by atoms with Crippen molar-refractivity contribution in [3.8, 4) is 0 Å². The van der Waals surface area contributed by atoms with Gasteiger partial charge >= 0.3 is 0 Å². The second-order valence-corrected chi connectivity index (χ2v) is 10.4. The number of carbonyl (C=O) groups excluding carboxylic acids is 4. The Morgan fingerprint density at radius 3 is 2.00 bits per heavy atom. The Morgan fingerprint density at radius 2 is 1.51 bits per heavy atom. The van der Waals surface area contributed by atoms with Gasteiger partial charge < -0.3 is 15.3 Å². The molecule has 208 valence electrons. The summed E-state index contributed by atoms with van der Waals surface area (Å²) in [5.74, 6) is -2.31. The summed E-state index contributed by atoms with van der Waals surface area (Å²) in [4.78, 5) is 54.8. The molecule has 0 aromatic heterocycles. The van der Waals surface area contributed by atoms with E-state index in [0.29, 0.717) is 5.56 Å². The number of hydrogen-bond donors (Lipinski definition) is 2. The number of aliphatic hydroxyl groups excluding tert-OH is 1. The molecule has 3 atom stereocenters. The van der Waals surface area contributed by atoms with E-state index in [4.69, 9.17) is 0 Å². The highest BCUT2D eigenvalue weighted by atomic mass is 16.3. The van der Waals surface area contributed by atoms with Gasteiger partial charge in [-0.25, -0.2) is 10.0 Å². The molecule has 1 heterocycles. The summed E-state index contributed by atoms with van der Waals surface area (Å²) >= 11 is 0. The fourth-order valence-electron chi connectivity index (χ4n) is 4.81. The van der Waals surface area contributed by atoms with Crippen LogP contribution in [0, 0.1) is 5.92 Å². The molecule has 0 saturated carbocycles. The highest BCUT2D eigenvalue weighted by molar-refractivity contribution is 5.98. The van der Waals surface area contributed by atoms with E-state index in [-0.39, 0.29) is 30.0 Å². The molecular formula is C30H38N4O5. The molecule has 39 heavy (non-hydrogen) atoms. The Hall–Kier alpha value is -3.98. The number of nitrogens with zero attached hydrogens (tertiary/aromatic N) is 3. The second kappa shape index (κ2) is 12.7. The molecule has 3 rings (SSSR count). The van der Waals surface area contributed by atoms with E-state index in [9.17, 15) is 24.3 Å². The van der Waals surface area contributed by atoms with Crippen molar-refractivity contribution in [3.05, 3.63) is 78.0 Å². The molecule has 2 N–H and O–H groups in total. The van der Waals surface area contributed by atoms with Crippen LogP contribution in [0.1, 0.15) is 52.7 Å². The predicted molar refractivity (Wildman–Crippen MR) is 148 cm³/mol. The van der Waals surface area contributed by atoms with Crippen molar-refractivity contribution in [2.75, 3.05) is 0 Å². The van der Waals surface area contributed by atoms with E-state index < -0.39 is 35.9 Å². The van der Waals surface area contributed by atoms with Gasteiger partial charge in [0.15, 0.2) is 6.10 Å². The van der Waals surface area contributed by atoms with E-state index >= 15 is 0 Å². The molecule has 2 aromatic rings. The number of rotatable bonds is 9. The van der Waals surface area contributed by atoms with Gasteiger partial charge in [-0.05, 0) is 31.7 Å². The van der Waals surface area contributed by atoms with Gasteiger partial charge in [0.2, 0.25) is 11.8 Å². The molecule has 9 nitrogen and oxygen atoms in total. The van der Waals surface area contributed by atoms with Crippen molar-refractivity contribution in [2.45, 2.75) is 72.2 Å². The molecule has 0 spiro atoms. The molecule has 0 radical (unpaired) electrons. The first-order chi connectivity index (χ1) is 18.4. The summed E-state index contributed by atoms with van der Waals surface area (Å²) in [6, 6.07) is 15.8. The summed E-state index contributed by atoms with van der Waals surface area (Å²) in [5, 5.41) is 16.5. The third kappa shape index (κ3) is 6.72. The lowest BCUT2D eigenvalue weighted by atomic mass is 9.96. The smallest absolute Gasteiger partial charge is 0.269 e. The van der Waals surface area contributed by atoms with E-state index in [2.05, 4.69) is 5.32 Å². The molecule has 2 unspecified atom stereocenters. The molecule has 4 amide bonds. The highest BCUT2D eigenvalue weighted by Gasteiger charge is 2.46. The SMILES string of the molecule is CC(=O)N1C=C(c2ccccc2)N(N(C(C)=O)[C@@H](Cc2ccccc2)C(O)C(=O)NC(C)C)C(=O)C1C(C)C. The van der Waals surface area contributed by atoms with Gasteiger partial charge in [0.1, 0.15) is 6.04 Å². The Balaban J connectivity index is 2.24. The monoisotopic (exact) mass is 534 g/mol. The minimum Gasteiger partial charge on any atom is -0.381 e. The van der Waals surface area contributed by atoms with Crippen LogP contribution >= 0.6 is 0 Å². The molecule has 0 fully saturated rings. The molecule has 1 aliphatic rings. The molecule has 0 aliphatic carbocycles. The van der Waals surface area contributed by atoms with E-state index in [1.807, 2.05) is 50.2 Å². The topological polar surface area (TPSA) is 110 Å². The molecule has 9 heteroatoms. The van der Waals surface area contributed by atoms with Crippen LogP contribution in [0.25, 0.3) is 5.70 Å². The van der Waals surface area contributed by atoms with Gasteiger partial charge in [-0.2, -0.15) is 0 Å². The third-order valence-corrected chi connectivity index (χ3v) is 6.52. The number of benzene rings is 2. The molecule has 1 aliphatic heterocycles. The molecule has 0 bridgehead atoms. The van der Waals surface area contributed by atoms with Gasteiger partial charge in [-0.1, -0.05) is 74.5 Å². The fourth-order valence-corrected chi connectivity index (χ4v) is 4.81. The van der Waals surface area contributed by atoms with Crippen molar-refractivity contribution < 1.29 is 24.3 Å². The van der Waals surface area contributed by atoms with Gasteiger partial charge in [-0.15, -0.1) is 0 Å². The van der Waals surface area contributed by atoms with Gasteiger partial charge in [0, 0.05) is 31.7 Å². The molecular weight excluding hydrogens is 496 g/mol. The molecule has 2 aromatic carbocycles. The summed E-state index contributed by atoms with van der Waals surface area (Å²) < 4.78 is 0. The van der Waals surface area contributed by atoms with Crippen LogP contribution in [-0.2, 0) is 25.6 Å². The highest BCUT2D eigenvalue weighted by Crippen LogP contribution is 2.33. The van der Waals surface area contributed by atoms with Crippen molar-refractivity contribution >= 4 is 29.3 Å². The van der Waals surface area contributed by atoms with Gasteiger partial charge in [-0.3, -0.25) is 19.2 Å². The average molecular weight is 535 g/mol. The number of carbonyl (C=O) groups is 4. The average Bonchev–Trinajstić information content (AvgIpc) is 2.88. The zero-order chi connectivity index (χ0) is 28.9. The number of nitrogens with one attached hydrogen (secondary N) is 1. The summed E-state index contributed by atoms with van der Waals surface area (Å²) in [7, 11) is 0. The zero-order valence-corrected chi connectivity index (χ0v) is 23.4. The Morgan fingerprint density at radius 1 is 0.949 bits per heavy atom. The fraction of sp³-hybridized carbons (Fsp3) is 0.400. The maximum Gasteiger partial charge on any atom is 0.269 e. The first kappa shape index (κ1) is 29.6. The quantitative estimate of drug-likeness (QED) is 0.514. The lowest BCUT2D eigenvalue weighted by Crippen LogP contribution is -2.65. The minimum absolute atomic E-state index is 0.0989. The van der Waals surface area contributed by atoms with Crippen LogP contribution in [0.4, 0.5) is 0 Å². The van der Waals surface area contributed by atoms with Gasteiger partial charge in [0.05, 0.1) is 11.7 Å². The number of aliphatic hydroxyl groups is 1. The third-order valence-electron chi connectivity index (χ3n) is 6.52. The van der Waals surface area contributed by atoms with Crippen molar-refractivity contribution in [2.24, 2.45) is 5.92 Å². The first-order valence-electron chi connectivity index (χ1n) is 13.2. The zero-order valence-electron chi connectivity index (χ0n) is 23.4. The van der Waals surface area contributed by atoms with E-state index in [0.717, 1.165) is 5.56 Å². The largest absolute Gasteiger partial charge is 0.381 e. The van der Waals surface area contributed by atoms with Crippen LogP contribution in [0.5, 0.6) is 0 Å². The van der Waals surface area contributed by atoms with Crippen LogP contribution in [0.2, 0.25) is 0 Å².